The lowest BCUT2D eigenvalue weighted by atomic mass is 9.89. The molecule has 0 atom stereocenters. The number of aryl methyl sites for hydroxylation is 1. The number of hydrogen-bond acceptors (Lipinski definition) is 6. The van der Waals surface area contributed by atoms with E-state index in [4.69, 9.17) is 5.11 Å². The van der Waals surface area contributed by atoms with Gasteiger partial charge in [0.15, 0.2) is 5.03 Å². The van der Waals surface area contributed by atoms with E-state index in [1.807, 2.05) is 0 Å². The second kappa shape index (κ2) is 10.5. The van der Waals surface area contributed by atoms with Gasteiger partial charge in [0.1, 0.15) is 11.6 Å². The van der Waals surface area contributed by atoms with Crippen molar-refractivity contribution < 1.29 is 31.9 Å². The second-order valence-electron chi connectivity index (χ2n) is 8.68. The number of amides is 2. The summed E-state index contributed by atoms with van der Waals surface area (Å²) in [6.07, 6.45) is 0.598. The number of benzene rings is 2. The van der Waals surface area contributed by atoms with Crippen molar-refractivity contribution >= 4 is 33.4 Å². The molecule has 3 aromatic rings. The van der Waals surface area contributed by atoms with Gasteiger partial charge in [-0.25, -0.2) is 23.3 Å². The van der Waals surface area contributed by atoms with Crippen LogP contribution >= 0.6 is 0 Å². The molecule has 1 aliphatic heterocycles. The molecule has 0 saturated carbocycles. The van der Waals surface area contributed by atoms with Crippen molar-refractivity contribution in [1.29, 1.82) is 0 Å². The topological polar surface area (TPSA) is 129 Å². The fraction of sp³-hybridized carbons (Fsp3) is 0.240. The standard InChI is InChI=1S/C25H24F2N4O5S/c1-15-12-19(27)6-7-21(15)29-22-13-23(37(35,36)30-25(33)34)28-14-20(22)24(32)31-10-8-17(9-11-31)16-2-4-18(26)5-3-16/h2-7,12-14,17,30H,8-11H2,1H3,(H,28,29)(H,33,34). The maximum Gasteiger partial charge on any atom is 0.418 e. The molecule has 0 unspecified atom stereocenters. The molecule has 194 valence electrons. The molecule has 12 heteroatoms. The molecule has 3 N–H and O–H groups in total. The van der Waals surface area contributed by atoms with Gasteiger partial charge in [-0.15, -0.1) is 0 Å². The van der Waals surface area contributed by atoms with Gasteiger partial charge in [0, 0.05) is 31.0 Å². The van der Waals surface area contributed by atoms with Crippen LogP contribution < -0.4 is 10.0 Å². The van der Waals surface area contributed by atoms with Crippen LogP contribution in [0.3, 0.4) is 0 Å². The van der Waals surface area contributed by atoms with Gasteiger partial charge in [0.2, 0.25) is 0 Å². The minimum absolute atomic E-state index is 0.0678. The van der Waals surface area contributed by atoms with Crippen molar-refractivity contribution in [3.8, 4) is 0 Å². The van der Waals surface area contributed by atoms with Crippen LogP contribution in [0.1, 0.15) is 40.2 Å². The van der Waals surface area contributed by atoms with Gasteiger partial charge < -0.3 is 15.3 Å². The number of halogens is 2. The number of sulfonamides is 1. The van der Waals surface area contributed by atoms with Gasteiger partial charge in [-0.3, -0.25) is 4.79 Å². The molecule has 1 saturated heterocycles. The number of pyridine rings is 1. The predicted molar refractivity (Wildman–Crippen MR) is 131 cm³/mol. The lowest BCUT2D eigenvalue weighted by molar-refractivity contribution is 0.0713. The normalized spacial score (nSPS) is 14.3. The molecular weight excluding hydrogens is 506 g/mol. The molecule has 1 fully saturated rings. The van der Waals surface area contributed by atoms with Crippen LogP contribution in [0.25, 0.3) is 0 Å². The van der Waals surface area contributed by atoms with E-state index < -0.39 is 32.9 Å². The lowest BCUT2D eigenvalue weighted by Crippen LogP contribution is -2.38. The van der Waals surface area contributed by atoms with E-state index in [0.29, 0.717) is 37.2 Å². The number of hydrogen-bond donors (Lipinski definition) is 3. The average Bonchev–Trinajstić information content (AvgIpc) is 2.85. The maximum absolute atomic E-state index is 13.6. The van der Waals surface area contributed by atoms with Gasteiger partial charge >= 0.3 is 6.09 Å². The van der Waals surface area contributed by atoms with E-state index in [9.17, 15) is 26.8 Å². The number of nitrogens with one attached hydrogen (secondary N) is 2. The van der Waals surface area contributed by atoms with Crippen LogP contribution in [0.4, 0.5) is 25.0 Å². The third-order valence-corrected chi connectivity index (χ3v) is 7.40. The Kier molecular flexibility index (Phi) is 7.39. The summed E-state index contributed by atoms with van der Waals surface area (Å²) in [4.78, 5) is 29.8. The van der Waals surface area contributed by atoms with E-state index in [2.05, 4.69) is 10.3 Å². The maximum atomic E-state index is 13.6. The zero-order valence-electron chi connectivity index (χ0n) is 19.7. The highest BCUT2D eigenvalue weighted by Crippen LogP contribution is 2.31. The quantitative estimate of drug-likeness (QED) is 0.431. The number of carbonyl (C=O) groups is 2. The van der Waals surface area contributed by atoms with Gasteiger partial charge in [-0.1, -0.05) is 12.1 Å². The Balaban J connectivity index is 1.62. The first-order chi connectivity index (χ1) is 17.5. The summed E-state index contributed by atoms with van der Waals surface area (Å²) in [6.45, 7) is 2.46. The Morgan fingerprint density at radius 2 is 1.65 bits per heavy atom. The molecule has 37 heavy (non-hydrogen) atoms. The fourth-order valence-corrected chi connectivity index (χ4v) is 5.06. The molecule has 1 aliphatic rings. The van der Waals surface area contributed by atoms with Crippen molar-refractivity contribution in [2.45, 2.75) is 30.7 Å². The summed E-state index contributed by atoms with van der Waals surface area (Å²) >= 11 is 0. The van der Waals surface area contributed by atoms with Crippen molar-refractivity contribution in [2.24, 2.45) is 0 Å². The Morgan fingerprint density at radius 1 is 1.00 bits per heavy atom. The number of likely N-dealkylation sites (tertiary alicyclic amines) is 1. The smallest absolute Gasteiger partial charge is 0.418 e. The van der Waals surface area contributed by atoms with Crippen LogP contribution in [-0.4, -0.2) is 48.5 Å². The number of aromatic nitrogens is 1. The Morgan fingerprint density at radius 3 is 2.27 bits per heavy atom. The molecule has 0 aliphatic carbocycles. The van der Waals surface area contributed by atoms with E-state index in [-0.39, 0.29) is 23.0 Å². The van der Waals surface area contributed by atoms with Crippen LogP contribution in [0, 0.1) is 18.6 Å². The minimum atomic E-state index is -4.51. The minimum Gasteiger partial charge on any atom is -0.464 e. The van der Waals surface area contributed by atoms with Crippen molar-refractivity contribution in [1.82, 2.24) is 14.6 Å². The largest absolute Gasteiger partial charge is 0.464 e. The van der Waals surface area contributed by atoms with E-state index in [1.54, 1.807) is 24.0 Å². The zero-order valence-corrected chi connectivity index (χ0v) is 20.6. The summed E-state index contributed by atoms with van der Waals surface area (Å²) in [6, 6.07) is 11.3. The molecule has 2 amide bonds. The number of rotatable bonds is 6. The van der Waals surface area contributed by atoms with Gasteiger partial charge in [0.25, 0.3) is 15.9 Å². The van der Waals surface area contributed by atoms with Crippen LogP contribution in [0.15, 0.2) is 59.8 Å². The first-order valence-corrected chi connectivity index (χ1v) is 12.9. The van der Waals surface area contributed by atoms with Gasteiger partial charge in [-0.05, 0) is 67.1 Å². The molecule has 1 aromatic heterocycles. The summed E-state index contributed by atoms with van der Waals surface area (Å²) in [7, 11) is -4.51. The summed E-state index contributed by atoms with van der Waals surface area (Å²) in [5, 5.41) is 11.2. The zero-order chi connectivity index (χ0) is 26.7. The van der Waals surface area contributed by atoms with Crippen molar-refractivity contribution in [3.05, 3.63) is 83.1 Å². The molecule has 2 heterocycles. The number of carboxylic acid groups (broad SMARTS) is 1. The van der Waals surface area contributed by atoms with Gasteiger partial charge in [-0.2, -0.15) is 8.42 Å². The third kappa shape index (κ3) is 6.02. The predicted octanol–water partition coefficient (Wildman–Crippen LogP) is 4.39. The molecule has 0 spiro atoms. The molecular formula is C25H24F2N4O5S. The third-order valence-electron chi connectivity index (χ3n) is 6.19. The number of anilines is 2. The second-order valence-corrected chi connectivity index (χ2v) is 10.3. The van der Waals surface area contributed by atoms with Crippen LogP contribution in [0.5, 0.6) is 0 Å². The lowest BCUT2D eigenvalue weighted by Gasteiger charge is -2.32. The van der Waals surface area contributed by atoms with Gasteiger partial charge in [0.05, 0.1) is 11.3 Å². The summed E-state index contributed by atoms with van der Waals surface area (Å²) in [5.74, 6) is -1.02. The van der Waals surface area contributed by atoms with E-state index in [1.165, 1.54) is 35.1 Å². The molecule has 0 bridgehead atoms. The van der Waals surface area contributed by atoms with Crippen LogP contribution in [0.2, 0.25) is 0 Å². The Bertz CT molecular complexity index is 1440. The molecule has 9 nitrogen and oxygen atoms in total. The van der Waals surface area contributed by atoms with Crippen molar-refractivity contribution in [3.63, 3.8) is 0 Å². The Hall–Kier alpha value is -4.06. The monoisotopic (exact) mass is 530 g/mol. The van der Waals surface area contributed by atoms with E-state index >= 15 is 0 Å². The number of nitrogens with zero attached hydrogens (tertiary/aromatic N) is 2. The first kappa shape index (κ1) is 26.0. The number of piperidine rings is 1. The highest BCUT2D eigenvalue weighted by Gasteiger charge is 2.28. The SMILES string of the molecule is Cc1cc(F)ccc1Nc1cc(S(=O)(=O)NC(=O)O)ncc1C(=O)N1CCC(c2ccc(F)cc2)CC1. The summed E-state index contributed by atoms with van der Waals surface area (Å²) < 4.78 is 53.0. The highest BCUT2D eigenvalue weighted by atomic mass is 32.2. The first-order valence-electron chi connectivity index (χ1n) is 11.4. The fourth-order valence-electron chi connectivity index (χ4n) is 4.26. The summed E-state index contributed by atoms with van der Waals surface area (Å²) in [5.41, 5.74) is 2.05. The van der Waals surface area contributed by atoms with E-state index in [0.717, 1.165) is 17.8 Å². The molecule has 0 radical (unpaired) electrons. The average molecular weight is 531 g/mol. The highest BCUT2D eigenvalue weighted by molar-refractivity contribution is 7.90. The number of carbonyl (C=O) groups excluding carboxylic acids is 1. The Labute approximate surface area is 212 Å². The van der Waals surface area contributed by atoms with Crippen molar-refractivity contribution in [2.75, 3.05) is 18.4 Å². The molecule has 4 rings (SSSR count). The van der Waals surface area contributed by atoms with Crippen LogP contribution in [-0.2, 0) is 10.0 Å². The molecule has 2 aromatic carbocycles.